The Labute approximate surface area is 184 Å². The predicted octanol–water partition coefficient (Wildman–Crippen LogP) is 3.52. The molecular formula is C23H23N7O2. The molecule has 9 nitrogen and oxygen atoms in total. The van der Waals surface area contributed by atoms with Crippen molar-refractivity contribution in [2.45, 2.75) is 18.9 Å². The number of nitrogens with zero attached hydrogens (tertiary/aromatic N) is 5. The highest BCUT2D eigenvalue weighted by atomic mass is 16.5. The van der Waals surface area contributed by atoms with Crippen LogP contribution in [0.15, 0.2) is 67.5 Å². The number of aromatic amines is 2. The molecule has 162 valence electrons. The molecule has 1 saturated heterocycles. The minimum absolute atomic E-state index is 0.124. The fourth-order valence-electron chi connectivity index (χ4n) is 4.23. The minimum atomic E-state index is -0.186. The number of rotatable bonds is 6. The van der Waals surface area contributed by atoms with Gasteiger partial charge in [0.2, 0.25) is 0 Å². The van der Waals surface area contributed by atoms with Gasteiger partial charge in [0.15, 0.2) is 11.5 Å². The minimum Gasteiger partial charge on any atom is -0.497 e. The van der Waals surface area contributed by atoms with Crippen LogP contribution in [-0.2, 0) is 0 Å². The Balaban J connectivity index is 1.55. The van der Waals surface area contributed by atoms with Crippen molar-refractivity contribution in [3.05, 3.63) is 73.2 Å². The number of benzene rings is 1. The first-order valence-corrected chi connectivity index (χ1v) is 10.4. The fourth-order valence-corrected chi connectivity index (χ4v) is 4.23. The molecule has 4 heterocycles. The zero-order valence-electron chi connectivity index (χ0n) is 17.7. The standard InChI is InChI=1S/C23H23N7O2/c1-15(19-9-5-11-29(19)22-20-21(26-13-25-20)27-14-28-22)30(23(31)18-8-4-10-24-18)16-6-3-7-17(12-16)32-2/h3-4,6-8,10,12-14,19,24H,1,5,9,11H2,2H3,(H,25,26,27,28)/t19-/m0/s1. The number of ether oxygens (including phenoxy) is 1. The van der Waals surface area contributed by atoms with Gasteiger partial charge >= 0.3 is 0 Å². The van der Waals surface area contributed by atoms with E-state index >= 15 is 0 Å². The maximum atomic E-state index is 13.6. The number of hydrogen-bond acceptors (Lipinski definition) is 6. The first kappa shape index (κ1) is 19.8. The normalized spacial score (nSPS) is 15.8. The van der Waals surface area contributed by atoms with E-state index in [-0.39, 0.29) is 11.9 Å². The Hall–Kier alpha value is -4.14. The second-order valence-corrected chi connectivity index (χ2v) is 7.57. The van der Waals surface area contributed by atoms with Crippen molar-refractivity contribution in [3.63, 3.8) is 0 Å². The summed E-state index contributed by atoms with van der Waals surface area (Å²) in [6, 6.07) is 10.9. The summed E-state index contributed by atoms with van der Waals surface area (Å²) in [7, 11) is 1.61. The molecule has 1 aromatic carbocycles. The number of nitrogens with one attached hydrogen (secondary N) is 2. The molecule has 5 rings (SSSR count). The highest BCUT2D eigenvalue weighted by molar-refractivity contribution is 6.07. The van der Waals surface area contributed by atoms with E-state index in [0.29, 0.717) is 28.5 Å². The predicted molar refractivity (Wildman–Crippen MR) is 122 cm³/mol. The molecule has 0 saturated carbocycles. The van der Waals surface area contributed by atoms with E-state index in [2.05, 4.69) is 36.4 Å². The van der Waals surface area contributed by atoms with Gasteiger partial charge in [-0.3, -0.25) is 9.69 Å². The van der Waals surface area contributed by atoms with Crippen molar-refractivity contribution in [1.82, 2.24) is 24.9 Å². The number of imidazole rings is 1. The third kappa shape index (κ3) is 3.37. The summed E-state index contributed by atoms with van der Waals surface area (Å²) in [5.41, 5.74) is 3.22. The molecule has 2 N–H and O–H groups in total. The number of fused-ring (bicyclic) bond motifs is 1. The number of methoxy groups -OCH3 is 1. The molecule has 32 heavy (non-hydrogen) atoms. The summed E-state index contributed by atoms with van der Waals surface area (Å²) in [6.07, 6.45) is 6.65. The van der Waals surface area contributed by atoms with E-state index in [1.807, 2.05) is 24.3 Å². The van der Waals surface area contributed by atoms with E-state index in [1.54, 1.807) is 36.7 Å². The van der Waals surface area contributed by atoms with Crippen molar-refractivity contribution in [2.24, 2.45) is 0 Å². The van der Waals surface area contributed by atoms with Crippen LogP contribution >= 0.6 is 0 Å². The van der Waals surface area contributed by atoms with Crippen molar-refractivity contribution >= 4 is 28.6 Å². The first-order chi connectivity index (χ1) is 15.7. The van der Waals surface area contributed by atoms with Crippen LogP contribution in [0.3, 0.4) is 0 Å². The molecule has 0 bridgehead atoms. The van der Waals surface area contributed by atoms with Crippen LogP contribution in [0.5, 0.6) is 5.75 Å². The van der Waals surface area contributed by atoms with Gasteiger partial charge in [0.25, 0.3) is 5.91 Å². The molecule has 0 radical (unpaired) electrons. The number of carbonyl (C=O) groups excluding carboxylic acids is 1. The quantitative estimate of drug-likeness (QED) is 0.486. The molecule has 1 fully saturated rings. The van der Waals surface area contributed by atoms with Gasteiger partial charge in [-0.2, -0.15) is 0 Å². The van der Waals surface area contributed by atoms with E-state index in [9.17, 15) is 4.79 Å². The number of hydrogen-bond donors (Lipinski definition) is 2. The van der Waals surface area contributed by atoms with Gasteiger partial charge in [-0.05, 0) is 37.1 Å². The van der Waals surface area contributed by atoms with Crippen molar-refractivity contribution in [2.75, 3.05) is 23.5 Å². The first-order valence-electron chi connectivity index (χ1n) is 10.4. The molecule has 1 aliphatic heterocycles. The lowest BCUT2D eigenvalue weighted by atomic mass is 10.1. The third-order valence-electron chi connectivity index (χ3n) is 5.74. The highest BCUT2D eigenvalue weighted by Gasteiger charge is 2.35. The SMILES string of the molecule is C=C([C@@H]1CCCN1c1ncnc2nc[nH]c12)N(C(=O)c1ccc[nH]1)c1cccc(OC)c1. The Morgan fingerprint density at radius 2 is 2.12 bits per heavy atom. The van der Waals surface area contributed by atoms with Crippen LogP contribution < -0.4 is 14.5 Å². The topological polar surface area (TPSA) is 103 Å². The van der Waals surface area contributed by atoms with Gasteiger partial charge in [-0.25, -0.2) is 15.0 Å². The summed E-state index contributed by atoms with van der Waals surface area (Å²) in [5.74, 6) is 1.24. The average molecular weight is 429 g/mol. The summed E-state index contributed by atoms with van der Waals surface area (Å²) >= 11 is 0. The largest absolute Gasteiger partial charge is 0.497 e. The van der Waals surface area contributed by atoms with Crippen molar-refractivity contribution in [1.29, 1.82) is 0 Å². The van der Waals surface area contributed by atoms with Crippen LogP contribution in [0.1, 0.15) is 23.3 Å². The van der Waals surface area contributed by atoms with E-state index < -0.39 is 0 Å². The van der Waals surface area contributed by atoms with E-state index in [4.69, 9.17) is 4.74 Å². The number of anilines is 2. The molecular weight excluding hydrogens is 406 g/mol. The second kappa shape index (κ2) is 8.18. The zero-order valence-corrected chi connectivity index (χ0v) is 17.7. The fraction of sp³-hybridized carbons (Fsp3) is 0.217. The van der Waals surface area contributed by atoms with Gasteiger partial charge in [-0.15, -0.1) is 0 Å². The monoisotopic (exact) mass is 429 g/mol. The van der Waals surface area contributed by atoms with Crippen molar-refractivity contribution in [3.8, 4) is 5.75 Å². The van der Waals surface area contributed by atoms with E-state index in [1.165, 1.54) is 6.33 Å². The summed E-state index contributed by atoms with van der Waals surface area (Å²) in [5, 5.41) is 0. The third-order valence-corrected chi connectivity index (χ3v) is 5.74. The average Bonchev–Trinajstić information content (AvgIpc) is 3.60. The molecule has 9 heteroatoms. The number of amides is 1. The number of H-pyrrole nitrogens is 2. The maximum absolute atomic E-state index is 13.6. The number of carbonyl (C=O) groups is 1. The molecule has 4 aromatic rings. The van der Waals surface area contributed by atoms with E-state index in [0.717, 1.165) is 30.7 Å². The maximum Gasteiger partial charge on any atom is 0.279 e. The molecule has 0 spiro atoms. The lowest BCUT2D eigenvalue weighted by molar-refractivity contribution is 0.0989. The Bertz CT molecular complexity index is 1260. The van der Waals surface area contributed by atoms with Crippen LogP contribution in [-0.4, -0.2) is 50.5 Å². The molecule has 3 aromatic heterocycles. The van der Waals surface area contributed by atoms with Crippen LogP contribution in [0.4, 0.5) is 11.5 Å². The molecule has 0 unspecified atom stereocenters. The van der Waals surface area contributed by atoms with Gasteiger partial charge < -0.3 is 19.6 Å². The zero-order chi connectivity index (χ0) is 22.1. The van der Waals surface area contributed by atoms with Gasteiger partial charge in [0.1, 0.15) is 23.3 Å². The van der Waals surface area contributed by atoms with Crippen LogP contribution in [0, 0.1) is 0 Å². The second-order valence-electron chi connectivity index (χ2n) is 7.57. The Morgan fingerprint density at radius 3 is 2.94 bits per heavy atom. The Morgan fingerprint density at radius 1 is 1.22 bits per heavy atom. The van der Waals surface area contributed by atoms with Gasteiger partial charge in [0.05, 0.1) is 25.2 Å². The lowest BCUT2D eigenvalue weighted by Crippen LogP contribution is -2.41. The smallest absolute Gasteiger partial charge is 0.279 e. The lowest BCUT2D eigenvalue weighted by Gasteiger charge is -2.33. The summed E-state index contributed by atoms with van der Waals surface area (Å²) in [6.45, 7) is 5.17. The van der Waals surface area contributed by atoms with Crippen molar-refractivity contribution < 1.29 is 9.53 Å². The van der Waals surface area contributed by atoms with Gasteiger partial charge in [-0.1, -0.05) is 12.6 Å². The molecule has 1 aliphatic rings. The van der Waals surface area contributed by atoms with Crippen LogP contribution in [0.2, 0.25) is 0 Å². The summed E-state index contributed by atoms with van der Waals surface area (Å²) in [4.78, 5) is 36.5. The van der Waals surface area contributed by atoms with Gasteiger partial charge in [0, 0.05) is 24.5 Å². The molecule has 1 amide bonds. The number of aromatic nitrogens is 5. The molecule has 1 atom stereocenters. The Kier molecular flexibility index (Phi) is 5.06. The molecule has 0 aliphatic carbocycles. The highest BCUT2D eigenvalue weighted by Crippen LogP contribution is 2.35. The summed E-state index contributed by atoms with van der Waals surface area (Å²) < 4.78 is 5.40. The van der Waals surface area contributed by atoms with Crippen LogP contribution in [0.25, 0.3) is 11.2 Å².